The molecule has 2 aliphatic heterocycles. The quantitative estimate of drug-likeness (QED) is 0.462. The summed E-state index contributed by atoms with van der Waals surface area (Å²) in [7, 11) is 3.79. The molecule has 1 unspecified atom stereocenters. The van der Waals surface area contributed by atoms with E-state index in [0.717, 1.165) is 0 Å². The van der Waals surface area contributed by atoms with Crippen LogP contribution in [0.2, 0.25) is 0 Å². The largest absolute Gasteiger partial charge is 0.484 e. The number of carbonyl (C=O) groups excluding carboxylic acids is 3. The first kappa shape index (κ1) is 24.3. The zero-order valence-electron chi connectivity index (χ0n) is 17.5. The standard InChI is InChI=1S/C20H27N3O5S.ClH/c1-20(2)16(19(26)27-11-10-22(3)4)23-17(25)15(18(23)29-20)21-14(24)12-28-13-8-6-5-7-9-13;/h5-9,15-16,18H,10-12H2,1-4H3,(H,21,24);1H/t15?,16-,18+;/m0./s1. The van der Waals surface area contributed by atoms with Gasteiger partial charge < -0.3 is 24.6 Å². The second-order valence-electron chi connectivity index (χ2n) is 7.88. The number of halogens is 1. The highest BCUT2D eigenvalue weighted by molar-refractivity contribution is 8.01. The Kier molecular flexibility index (Phi) is 8.01. The van der Waals surface area contributed by atoms with Gasteiger partial charge in [0.05, 0.1) is 0 Å². The molecule has 0 spiro atoms. The van der Waals surface area contributed by atoms with E-state index in [1.54, 1.807) is 12.1 Å². The lowest BCUT2D eigenvalue weighted by atomic mass is 9.96. The second kappa shape index (κ2) is 9.89. The summed E-state index contributed by atoms with van der Waals surface area (Å²) in [5, 5.41) is 2.44. The Balaban J connectivity index is 0.00000320. The van der Waals surface area contributed by atoms with Crippen LogP contribution in [0.3, 0.4) is 0 Å². The SMILES string of the molecule is CN(C)CCOC(=O)[C@@H]1N2C(=O)C(NC(=O)COc3ccccc3)[C@H]2SC1(C)C.Cl. The van der Waals surface area contributed by atoms with Crippen molar-refractivity contribution >= 4 is 42.0 Å². The number of rotatable bonds is 8. The first-order valence-electron chi connectivity index (χ1n) is 9.49. The molecule has 0 saturated carbocycles. The van der Waals surface area contributed by atoms with Gasteiger partial charge in [-0.05, 0) is 40.1 Å². The van der Waals surface area contributed by atoms with Gasteiger partial charge in [0, 0.05) is 11.3 Å². The topological polar surface area (TPSA) is 88.2 Å². The number of nitrogens with zero attached hydrogens (tertiary/aromatic N) is 2. The molecule has 1 N–H and O–H groups in total. The third-order valence-electron chi connectivity index (χ3n) is 4.88. The molecule has 3 rings (SSSR count). The average Bonchev–Trinajstić information content (AvgIpc) is 2.93. The number of ether oxygens (including phenoxy) is 2. The minimum Gasteiger partial charge on any atom is -0.484 e. The van der Waals surface area contributed by atoms with Crippen LogP contribution in [0.4, 0.5) is 0 Å². The highest BCUT2D eigenvalue weighted by Crippen LogP contribution is 2.51. The van der Waals surface area contributed by atoms with Crippen molar-refractivity contribution in [3.8, 4) is 5.75 Å². The molecular formula is C20H28ClN3O5S. The Bertz CT molecular complexity index is 777. The number of likely N-dealkylation sites (N-methyl/N-ethyl adjacent to an activating group) is 1. The van der Waals surface area contributed by atoms with E-state index in [2.05, 4.69) is 5.32 Å². The predicted octanol–water partition coefficient (Wildman–Crippen LogP) is 1.14. The number of fused-ring (bicyclic) bond motifs is 1. The van der Waals surface area contributed by atoms with Crippen LogP contribution in [0.25, 0.3) is 0 Å². The summed E-state index contributed by atoms with van der Waals surface area (Å²) in [6.45, 7) is 4.54. The number of thioether (sulfide) groups is 1. The summed E-state index contributed by atoms with van der Waals surface area (Å²) in [5.74, 6) is -0.462. The molecule has 0 aromatic heterocycles. The number of amides is 2. The van der Waals surface area contributed by atoms with E-state index in [1.165, 1.54) is 16.7 Å². The molecule has 0 bridgehead atoms. The number of carbonyl (C=O) groups is 3. The fraction of sp³-hybridized carbons (Fsp3) is 0.550. The summed E-state index contributed by atoms with van der Waals surface area (Å²) >= 11 is 1.50. The number of esters is 1. The molecule has 1 aromatic carbocycles. The maximum Gasteiger partial charge on any atom is 0.330 e. The minimum atomic E-state index is -0.666. The third kappa shape index (κ3) is 5.19. The molecule has 166 valence electrons. The molecular weight excluding hydrogens is 430 g/mol. The average molecular weight is 458 g/mol. The Hall–Kier alpha value is -1.97. The number of hydrogen-bond acceptors (Lipinski definition) is 7. The Morgan fingerprint density at radius 3 is 2.53 bits per heavy atom. The normalized spacial score (nSPS) is 23.8. The summed E-state index contributed by atoms with van der Waals surface area (Å²) < 4.78 is 10.3. The summed E-state index contributed by atoms with van der Waals surface area (Å²) in [6.07, 6.45) is 0. The van der Waals surface area contributed by atoms with E-state index in [4.69, 9.17) is 9.47 Å². The van der Waals surface area contributed by atoms with Crippen molar-refractivity contribution in [2.75, 3.05) is 33.9 Å². The molecule has 8 nitrogen and oxygen atoms in total. The van der Waals surface area contributed by atoms with Crippen molar-refractivity contribution in [1.29, 1.82) is 0 Å². The number of hydrogen-bond donors (Lipinski definition) is 1. The Labute approximate surface area is 187 Å². The zero-order chi connectivity index (χ0) is 21.2. The van der Waals surface area contributed by atoms with Gasteiger partial charge in [-0.3, -0.25) is 9.59 Å². The van der Waals surface area contributed by atoms with Crippen LogP contribution in [0, 0.1) is 0 Å². The van der Waals surface area contributed by atoms with E-state index >= 15 is 0 Å². The molecule has 2 amide bonds. The molecule has 0 radical (unpaired) electrons. The van der Waals surface area contributed by atoms with Crippen LogP contribution in [0.1, 0.15) is 13.8 Å². The smallest absolute Gasteiger partial charge is 0.330 e. The van der Waals surface area contributed by atoms with Gasteiger partial charge in [-0.15, -0.1) is 24.2 Å². The van der Waals surface area contributed by atoms with E-state index < -0.39 is 22.8 Å². The summed E-state index contributed by atoms with van der Waals surface area (Å²) in [6, 6.07) is 7.67. The molecule has 10 heteroatoms. The molecule has 1 aromatic rings. The number of nitrogens with one attached hydrogen (secondary N) is 1. The van der Waals surface area contributed by atoms with Crippen molar-refractivity contribution in [1.82, 2.24) is 15.1 Å². The molecule has 0 aliphatic carbocycles. The molecule has 2 heterocycles. The van der Waals surface area contributed by atoms with Crippen molar-refractivity contribution in [3.05, 3.63) is 30.3 Å². The fourth-order valence-corrected chi connectivity index (χ4v) is 5.04. The van der Waals surface area contributed by atoms with Crippen LogP contribution in [0.5, 0.6) is 5.75 Å². The van der Waals surface area contributed by atoms with E-state index in [-0.39, 0.29) is 42.8 Å². The predicted molar refractivity (Wildman–Crippen MR) is 117 cm³/mol. The lowest BCUT2D eigenvalue weighted by Gasteiger charge is -2.43. The van der Waals surface area contributed by atoms with Crippen LogP contribution in [-0.4, -0.2) is 83.6 Å². The maximum atomic E-state index is 12.7. The van der Waals surface area contributed by atoms with Crippen molar-refractivity contribution in [2.45, 2.75) is 36.1 Å². The molecule has 3 atom stereocenters. The Morgan fingerprint density at radius 1 is 1.23 bits per heavy atom. The summed E-state index contributed by atoms with van der Waals surface area (Å²) in [4.78, 5) is 41.0. The molecule has 2 aliphatic rings. The zero-order valence-corrected chi connectivity index (χ0v) is 19.1. The van der Waals surface area contributed by atoms with Crippen molar-refractivity contribution in [3.63, 3.8) is 0 Å². The lowest BCUT2D eigenvalue weighted by molar-refractivity contribution is -0.164. The number of benzene rings is 1. The van der Waals surface area contributed by atoms with Gasteiger partial charge >= 0.3 is 5.97 Å². The molecule has 2 saturated heterocycles. The van der Waals surface area contributed by atoms with Crippen LogP contribution in [0.15, 0.2) is 30.3 Å². The first-order chi connectivity index (χ1) is 13.7. The maximum absolute atomic E-state index is 12.7. The van der Waals surface area contributed by atoms with Gasteiger partial charge in [-0.2, -0.15) is 0 Å². The van der Waals surface area contributed by atoms with Crippen molar-refractivity contribution in [2.24, 2.45) is 0 Å². The lowest BCUT2D eigenvalue weighted by Crippen LogP contribution is -2.71. The van der Waals surface area contributed by atoms with E-state index in [1.807, 2.05) is 51.0 Å². The van der Waals surface area contributed by atoms with E-state index in [0.29, 0.717) is 12.3 Å². The van der Waals surface area contributed by atoms with Gasteiger partial charge in [-0.25, -0.2) is 4.79 Å². The summed E-state index contributed by atoms with van der Waals surface area (Å²) in [5.41, 5.74) is 0. The van der Waals surface area contributed by atoms with Gasteiger partial charge in [0.25, 0.3) is 5.91 Å². The minimum absolute atomic E-state index is 0. The van der Waals surface area contributed by atoms with Gasteiger partial charge in [0.2, 0.25) is 5.91 Å². The fourth-order valence-electron chi connectivity index (χ4n) is 3.41. The van der Waals surface area contributed by atoms with E-state index in [9.17, 15) is 14.4 Å². The highest BCUT2D eigenvalue weighted by atomic mass is 35.5. The van der Waals surface area contributed by atoms with Gasteiger partial charge in [-0.1, -0.05) is 18.2 Å². The van der Waals surface area contributed by atoms with Crippen LogP contribution < -0.4 is 10.1 Å². The monoisotopic (exact) mass is 457 g/mol. The number of β-lactam (4-membered cyclic amide) rings is 1. The molecule has 30 heavy (non-hydrogen) atoms. The van der Waals surface area contributed by atoms with Gasteiger partial charge in [0.1, 0.15) is 29.8 Å². The Morgan fingerprint density at radius 2 is 1.90 bits per heavy atom. The van der Waals surface area contributed by atoms with Crippen molar-refractivity contribution < 1.29 is 23.9 Å². The second-order valence-corrected chi connectivity index (χ2v) is 9.65. The van der Waals surface area contributed by atoms with Crippen LogP contribution in [-0.2, 0) is 19.1 Å². The highest BCUT2D eigenvalue weighted by Gasteiger charge is 2.64. The number of para-hydroxylation sites is 1. The first-order valence-corrected chi connectivity index (χ1v) is 10.4. The third-order valence-corrected chi connectivity index (χ3v) is 6.45. The van der Waals surface area contributed by atoms with Crippen LogP contribution >= 0.6 is 24.2 Å². The molecule has 2 fully saturated rings. The van der Waals surface area contributed by atoms with Gasteiger partial charge in [0.15, 0.2) is 6.61 Å².